The normalized spacial score (nSPS) is 12.0. The number of nitro benzene ring substituents is 1. The quantitative estimate of drug-likeness (QED) is 0.633. The highest BCUT2D eigenvalue weighted by molar-refractivity contribution is 7.16. The number of amides is 1. The first kappa shape index (κ1) is 17.4. The van der Waals surface area contributed by atoms with Crippen molar-refractivity contribution in [3.63, 3.8) is 0 Å². The predicted molar refractivity (Wildman–Crippen MR) is 89.2 cm³/mol. The van der Waals surface area contributed by atoms with Gasteiger partial charge in [0.15, 0.2) is 0 Å². The molecule has 0 aliphatic carbocycles. The fraction of sp³-hybridized carbons (Fsp3) is 0.267. The van der Waals surface area contributed by atoms with E-state index in [0.717, 1.165) is 4.88 Å². The van der Waals surface area contributed by atoms with Gasteiger partial charge in [-0.25, -0.2) is 0 Å². The molecule has 0 aliphatic rings. The Labute approximate surface area is 142 Å². The fourth-order valence-corrected chi connectivity index (χ4v) is 3.17. The number of rotatable bonds is 6. The van der Waals surface area contributed by atoms with Crippen LogP contribution in [0.1, 0.15) is 26.9 Å². The Morgan fingerprint density at radius 1 is 1.43 bits per heavy atom. The molecule has 2 aromatic rings. The molecule has 122 valence electrons. The van der Waals surface area contributed by atoms with Crippen LogP contribution in [0.3, 0.4) is 0 Å². The van der Waals surface area contributed by atoms with Gasteiger partial charge in [-0.3, -0.25) is 14.9 Å². The molecule has 2 rings (SSSR count). The largest absolute Gasteiger partial charge is 0.374 e. The molecule has 1 aromatic carbocycles. The molecule has 0 radical (unpaired) electrons. The number of carbonyl (C=O) groups is 1. The second-order valence-electron chi connectivity index (χ2n) is 4.83. The van der Waals surface area contributed by atoms with E-state index in [0.29, 0.717) is 9.90 Å². The summed E-state index contributed by atoms with van der Waals surface area (Å²) < 4.78 is 5.99. The molecule has 23 heavy (non-hydrogen) atoms. The molecule has 0 saturated heterocycles. The molecular formula is C15H15ClN2O4S. The van der Waals surface area contributed by atoms with Gasteiger partial charge in [-0.15, -0.1) is 11.3 Å². The minimum absolute atomic E-state index is 0.0778. The molecule has 1 heterocycles. The molecule has 6 nitrogen and oxygen atoms in total. The number of ether oxygens (including phenoxy) is 1. The van der Waals surface area contributed by atoms with Gasteiger partial charge in [-0.05, 0) is 25.1 Å². The topological polar surface area (TPSA) is 81.5 Å². The number of carbonyl (C=O) groups excluding carboxylic acids is 1. The van der Waals surface area contributed by atoms with Gasteiger partial charge in [-0.1, -0.05) is 17.7 Å². The maximum Gasteiger partial charge on any atom is 0.273 e. The van der Waals surface area contributed by atoms with E-state index in [1.165, 1.54) is 17.4 Å². The van der Waals surface area contributed by atoms with Crippen LogP contribution in [0.2, 0.25) is 4.34 Å². The zero-order valence-electron chi connectivity index (χ0n) is 12.5. The third-order valence-corrected chi connectivity index (χ3v) is 4.64. The van der Waals surface area contributed by atoms with Crippen LogP contribution in [0.5, 0.6) is 0 Å². The van der Waals surface area contributed by atoms with Crippen LogP contribution in [0.25, 0.3) is 0 Å². The fourth-order valence-electron chi connectivity index (χ4n) is 2.04. The lowest BCUT2D eigenvalue weighted by molar-refractivity contribution is -0.385. The summed E-state index contributed by atoms with van der Waals surface area (Å²) in [6, 6.07) is 7.98. The van der Waals surface area contributed by atoms with E-state index >= 15 is 0 Å². The molecule has 0 bridgehead atoms. The van der Waals surface area contributed by atoms with E-state index in [1.807, 2.05) is 6.07 Å². The Balaban J connectivity index is 2.07. The van der Waals surface area contributed by atoms with E-state index in [9.17, 15) is 14.9 Å². The molecule has 1 aromatic heterocycles. The van der Waals surface area contributed by atoms with Gasteiger partial charge >= 0.3 is 0 Å². The summed E-state index contributed by atoms with van der Waals surface area (Å²) >= 11 is 7.27. The number of nitrogens with one attached hydrogen (secondary N) is 1. The summed E-state index contributed by atoms with van der Waals surface area (Å²) in [4.78, 5) is 23.5. The number of hydrogen-bond donors (Lipinski definition) is 1. The van der Waals surface area contributed by atoms with Gasteiger partial charge in [0.25, 0.3) is 11.6 Å². The highest BCUT2D eigenvalue weighted by Gasteiger charge is 2.17. The lowest BCUT2D eigenvalue weighted by Gasteiger charge is -2.14. The Morgan fingerprint density at radius 2 is 2.17 bits per heavy atom. The van der Waals surface area contributed by atoms with Gasteiger partial charge in [0, 0.05) is 35.7 Å². The number of methoxy groups -OCH3 is 1. The van der Waals surface area contributed by atoms with Crippen molar-refractivity contribution in [2.24, 2.45) is 0 Å². The molecule has 0 spiro atoms. The number of thiophene rings is 1. The summed E-state index contributed by atoms with van der Waals surface area (Å²) in [6.07, 6.45) is -0.322. The average molecular weight is 355 g/mol. The van der Waals surface area contributed by atoms with Crippen LogP contribution in [0.15, 0.2) is 30.3 Å². The molecular weight excluding hydrogens is 340 g/mol. The first-order chi connectivity index (χ1) is 10.9. The number of halogens is 1. The van der Waals surface area contributed by atoms with E-state index < -0.39 is 10.8 Å². The first-order valence-electron chi connectivity index (χ1n) is 6.73. The van der Waals surface area contributed by atoms with Crippen LogP contribution in [0, 0.1) is 17.0 Å². The Morgan fingerprint density at radius 3 is 2.74 bits per heavy atom. The van der Waals surface area contributed by atoms with E-state index in [-0.39, 0.29) is 23.9 Å². The van der Waals surface area contributed by atoms with Gasteiger partial charge in [-0.2, -0.15) is 0 Å². The number of hydrogen-bond acceptors (Lipinski definition) is 5. The van der Waals surface area contributed by atoms with E-state index in [1.54, 1.807) is 32.2 Å². The van der Waals surface area contributed by atoms with Crippen LogP contribution in [-0.4, -0.2) is 24.5 Å². The van der Waals surface area contributed by atoms with E-state index in [4.69, 9.17) is 16.3 Å². The van der Waals surface area contributed by atoms with Crippen molar-refractivity contribution in [3.05, 3.63) is 60.8 Å². The van der Waals surface area contributed by atoms with Crippen molar-refractivity contribution in [2.45, 2.75) is 13.0 Å². The SMILES string of the molecule is COC(CNC(=O)c1ccc(C)c([N+](=O)[O-])c1)c1ccc(Cl)s1. The number of benzene rings is 1. The number of aryl methyl sites for hydroxylation is 1. The second-order valence-corrected chi connectivity index (χ2v) is 6.58. The van der Waals surface area contributed by atoms with Crippen molar-refractivity contribution >= 4 is 34.5 Å². The standard InChI is InChI=1S/C15H15ClN2O4S/c1-9-3-4-10(7-11(9)18(20)21)15(19)17-8-12(22-2)13-5-6-14(16)23-13/h3-7,12H,8H2,1-2H3,(H,17,19). The third kappa shape index (κ3) is 4.28. The second kappa shape index (κ2) is 7.54. The monoisotopic (exact) mass is 354 g/mol. The molecule has 0 fully saturated rings. The summed E-state index contributed by atoms with van der Waals surface area (Å²) in [6.45, 7) is 1.87. The van der Waals surface area contributed by atoms with Crippen molar-refractivity contribution in [1.29, 1.82) is 0 Å². The summed E-state index contributed by atoms with van der Waals surface area (Å²) in [7, 11) is 1.54. The zero-order chi connectivity index (χ0) is 17.0. The predicted octanol–water partition coefficient (Wildman–Crippen LogP) is 3.74. The van der Waals surface area contributed by atoms with Crippen LogP contribution in [-0.2, 0) is 4.74 Å². The highest BCUT2D eigenvalue weighted by atomic mass is 35.5. The molecule has 8 heteroatoms. The van der Waals surface area contributed by atoms with Crippen LogP contribution < -0.4 is 5.32 Å². The van der Waals surface area contributed by atoms with Crippen LogP contribution in [0.4, 0.5) is 5.69 Å². The minimum atomic E-state index is -0.502. The summed E-state index contributed by atoms with van der Waals surface area (Å²) in [5.41, 5.74) is 0.668. The van der Waals surface area contributed by atoms with Gasteiger partial charge < -0.3 is 10.1 Å². The lowest BCUT2D eigenvalue weighted by atomic mass is 10.1. The number of nitrogens with zero attached hydrogens (tertiary/aromatic N) is 1. The average Bonchev–Trinajstić information content (AvgIpc) is 2.94. The molecule has 1 N–H and O–H groups in total. The Kier molecular flexibility index (Phi) is 5.70. The van der Waals surface area contributed by atoms with E-state index in [2.05, 4.69) is 5.32 Å². The molecule has 1 atom stereocenters. The van der Waals surface area contributed by atoms with Gasteiger partial charge in [0.1, 0.15) is 6.10 Å². The summed E-state index contributed by atoms with van der Waals surface area (Å²) in [5.74, 6) is -0.391. The van der Waals surface area contributed by atoms with Crippen molar-refractivity contribution in [3.8, 4) is 0 Å². The van der Waals surface area contributed by atoms with Gasteiger partial charge in [0.2, 0.25) is 0 Å². The van der Waals surface area contributed by atoms with Gasteiger partial charge in [0.05, 0.1) is 9.26 Å². The minimum Gasteiger partial charge on any atom is -0.374 e. The lowest BCUT2D eigenvalue weighted by Crippen LogP contribution is -2.28. The van der Waals surface area contributed by atoms with Crippen molar-refractivity contribution in [1.82, 2.24) is 5.32 Å². The van der Waals surface area contributed by atoms with Crippen molar-refractivity contribution < 1.29 is 14.5 Å². The zero-order valence-corrected chi connectivity index (χ0v) is 14.1. The Bertz CT molecular complexity index is 732. The Hall–Kier alpha value is -1.96. The number of nitro groups is 1. The van der Waals surface area contributed by atoms with Crippen molar-refractivity contribution in [2.75, 3.05) is 13.7 Å². The molecule has 1 amide bonds. The summed E-state index contributed by atoms with van der Waals surface area (Å²) in [5, 5.41) is 13.7. The molecule has 0 aliphatic heterocycles. The van der Waals surface area contributed by atoms with Crippen LogP contribution >= 0.6 is 22.9 Å². The smallest absolute Gasteiger partial charge is 0.273 e. The third-order valence-electron chi connectivity index (χ3n) is 3.31. The maximum absolute atomic E-state index is 12.2. The molecule has 0 saturated carbocycles. The highest BCUT2D eigenvalue weighted by Crippen LogP contribution is 2.28. The molecule has 1 unspecified atom stereocenters. The maximum atomic E-state index is 12.2. The first-order valence-corrected chi connectivity index (χ1v) is 7.93.